The molecule has 19 heavy (non-hydrogen) atoms. The van der Waals surface area contributed by atoms with Crippen molar-refractivity contribution in [3.05, 3.63) is 17.9 Å². The van der Waals surface area contributed by atoms with Crippen molar-refractivity contribution in [2.45, 2.75) is 58.1 Å². The number of nitrogens with two attached hydrogens (primary N) is 1. The Morgan fingerprint density at radius 2 is 1.95 bits per heavy atom. The lowest BCUT2D eigenvalue weighted by Crippen LogP contribution is -2.31. The van der Waals surface area contributed by atoms with Crippen molar-refractivity contribution >= 4 is 11.4 Å². The van der Waals surface area contributed by atoms with Gasteiger partial charge in [0, 0.05) is 17.7 Å². The molecule has 0 aliphatic heterocycles. The minimum Gasteiger partial charge on any atom is -0.488 e. The van der Waals surface area contributed by atoms with Gasteiger partial charge in [0.25, 0.3) is 0 Å². The van der Waals surface area contributed by atoms with Crippen LogP contribution in [-0.2, 0) is 0 Å². The molecule has 0 radical (unpaired) electrons. The molecule has 1 aromatic carbocycles. The molecule has 1 aliphatic rings. The van der Waals surface area contributed by atoms with Crippen LogP contribution in [0.3, 0.4) is 0 Å². The van der Waals surface area contributed by atoms with E-state index in [0.717, 1.165) is 18.5 Å². The Hall–Kier alpha value is -1.45. The van der Waals surface area contributed by atoms with Crippen LogP contribution in [0.2, 0.25) is 0 Å². The highest BCUT2D eigenvalue weighted by Crippen LogP contribution is 2.36. The van der Waals surface area contributed by atoms with Gasteiger partial charge in [-0.25, -0.2) is 4.39 Å². The third kappa shape index (κ3) is 3.31. The van der Waals surface area contributed by atoms with E-state index in [0.29, 0.717) is 5.69 Å². The number of hydrogen-bond acceptors (Lipinski definition) is 3. The largest absolute Gasteiger partial charge is 0.488 e. The number of anilines is 2. The first-order valence-electron chi connectivity index (χ1n) is 6.93. The zero-order valence-corrected chi connectivity index (χ0v) is 11.9. The van der Waals surface area contributed by atoms with Crippen LogP contribution in [-0.4, -0.2) is 11.6 Å². The number of hydrogen-bond donors (Lipinski definition) is 2. The van der Waals surface area contributed by atoms with Gasteiger partial charge in [0.15, 0.2) is 11.6 Å². The summed E-state index contributed by atoms with van der Waals surface area (Å²) in [4.78, 5) is 0. The molecular formula is C15H23FN2O. The molecule has 0 bridgehead atoms. The summed E-state index contributed by atoms with van der Waals surface area (Å²) in [6.07, 6.45) is 4.61. The third-order valence-electron chi connectivity index (χ3n) is 3.61. The van der Waals surface area contributed by atoms with E-state index in [9.17, 15) is 4.39 Å². The molecule has 2 rings (SSSR count). The van der Waals surface area contributed by atoms with Gasteiger partial charge in [-0.15, -0.1) is 0 Å². The Labute approximate surface area is 114 Å². The maximum absolute atomic E-state index is 13.8. The van der Waals surface area contributed by atoms with E-state index in [1.165, 1.54) is 18.9 Å². The number of benzene rings is 1. The van der Waals surface area contributed by atoms with Gasteiger partial charge in [0.2, 0.25) is 0 Å². The predicted octanol–water partition coefficient (Wildman–Crippen LogP) is 3.94. The Bertz CT molecular complexity index is 454. The summed E-state index contributed by atoms with van der Waals surface area (Å²) in [6, 6.07) is 3.01. The van der Waals surface area contributed by atoms with Crippen molar-refractivity contribution in [1.29, 1.82) is 0 Å². The van der Waals surface area contributed by atoms with Crippen molar-refractivity contribution in [3.63, 3.8) is 0 Å². The van der Waals surface area contributed by atoms with E-state index >= 15 is 0 Å². The lowest BCUT2D eigenvalue weighted by Gasteiger charge is -2.28. The Balaban J connectivity index is 2.24. The fourth-order valence-electron chi connectivity index (χ4n) is 2.63. The van der Waals surface area contributed by atoms with Gasteiger partial charge in [0.05, 0.1) is 17.5 Å². The average molecular weight is 266 g/mol. The highest BCUT2D eigenvalue weighted by Gasteiger charge is 2.29. The average Bonchev–Trinajstić information content (AvgIpc) is 2.71. The van der Waals surface area contributed by atoms with Crippen LogP contribution in [0.1, 0.15) is 46.5 Å². The molecule has 1 fully saturated rings. The molecule has 0 unspecified atom stereocenters. The van der Waals surface area contributed by atoms with Crippen molar-refractivity contribution in [3.8, 4) is 5.75 Å². The fourth-order valence-corrected chi connectivity index (χ4v) is 2.63. The Kier molecular flexibility index (Phi) is 3.88. The standard InChI is InChI=1S/C15H23FN2O/c1-10(2)19-14-9-13(12(17)8-11(14)16)18-15(3)6-4-5-7-15/h8-10,18H,4-7,17H2,1-3H3. The highest BCUT2D eigenvalue weighted by molar-refractivity contribution is 5.69. The van der Waals surface area contributed by atoms with Gasteiger partial charge in [-0.2, -0.15) is 0 Å². The second-order valence-electron chi connectivity index (χ2n) is 5.93. The first-order chi connectivity index (χ1) is 8.89. The number of ether oxygens (including phenoxy) is 1. The number of nitrogens with one attached hydrogen (secondary N) is 1. The molecule has 0 atom stereocenters. The summed E-state index contributed by atoms with van der Waals surface area (Å²) in [5, 5.41) is 3.45. The molecule has 3 nitrogen and oxygen atoms in total. The summed E-state index contributed by atoms with van der Waals surface area (Å²) in [5.41, 5.74) is 7.15. The summed E-state index contributed by atoms with van der Waals surface area (Å²) in [5.74, 6) is -0.151. The SMILES string of the molecule is CC(C)Oc1cc(NC2(C)CCCC2)c(N)cc1F. The summed E-state index contributed by atoms with van der Waals surface area (Å²) in [7, 11) is 0. The first kappa shape index (κ1) is 14.0. The second kappa shape index (κ2) is 5.27. The molecule has 106 valence electrons. The van der Waals surface area contributed by atoms with Crippen LogP contribution in [0.25, 0.3) is 0 Å². The summed E-state index contributed by atoms with van der Waals surface area (Å²) in [6.45, 7) is 5.94. The van der Waals surface area contributed by atoms with Crippen molar-refractivity contribution in [2.75, 3.05) is 11.1 Å². The summed E-state index contributed by atoms with van der Waals surface area (Å²) < 4.78 is 19.2. The van der Waals surface area contributed by atoms with E-state index in [2.05, 4.69) is 12.2 Å². The van der Waals surface area contributed by atoms with Gasteiger partial charge in [-0.3, -0.25) is 0 Å². The van der Waals surface area contributed by atoms with Crippen molar-refractivity contribution in [1.82, 2.24) is 0 Å². The van der Waals surface area contributed by atoms with E-state index < -0.39 is 5.82 Å². The van der Waals surface area contributed by atoms with E-state index in [1.54, 1.807) is 6.07 Å². The summed E-state index contributed by atoms with van der Waals surface area (Å²) >= 11 is 0. The van der Waals surface area contributed by atoms with Crippen LogP contribution in [0.4, 0.5) is 15.8 Å². The molecule has 1 saturated carbocycles. The molecule has 4 heteroatoms. The highest BCUT2D eigenvalue weighted by atomic mass is 19.1. The fraction of sp³-hybridized carbons (Fsp3) is 0.600. The van der Waals surface area contributed by atoms with Crippen LogP contribution >= 0.6 is 0 Å². The molecule has 0 heterocycles. The maximum Gasteiger partial charge on any atom is 0.167 e. The molecular weight excluding hydrogens is 243 g/mol. The van der Waals surface area contributed by atoms with Crippen molar-refractivity contribution in [2.24, 2.45) is 0 Å². The van der Waals surface area contributed by atoms with Crippen molar-refractivity contribution < 1.29 is 9.13 Å². The van der Waals surface area contributed by atoms with Crippen LogP contribution in [0.15, 0.2) is 12.1 Å². The number of nitrogen functional groups attached to an aromatic ring is 1. The smallest absolute Gasteiger partial charge is 0.167 e. The van der Waals surface area contributed by atoms with E-state index in [4.69, 9.17) is 10.5 Å². The van der Waals surface area contributed by atoms with E-state index in [-0.39, 0.29) is 17.4 Å². The molecule has 0 aromatic heterocycles. The topological polar surface area (TPSA) is 47.3 Å². The molecule has 0 spiro atoms. The molecule has 1 aliphatic carbocycles. The molecule has 1 aromatic rings. The van der Waals surface area contributed by atoms with Gasteiger partial charge < -0.3 is 15.8 Å². The maximum atomic E-state index is 13.8. The van der Waals surface area contributed by atoms with E-state index in [1.807, 2.05) is 13.8 Å². The van der Waals surface area contributed by atoms with Crippen LogP contribution < -0.4 is 15.8 Å². The van der Waals surface area contributed by atoms with Gasteiger partial charge in [-0.1, -0.05) is 12.8 Å². The number of rotatable bonds is 4. The Morgan fingerprint density at radius 1 is 1.32 bits per heavy atom. The minimum atomic E-state index is -0.409. The zero-order valence-electron chi connectivity index (χ0n) is 11.9. The third-order valence-corrected chi connectivity index (χ3v) is 3.61. The van der Waals surface area contributed by atoms with Crippen LogP contribution in [0, 0.1) is 5.82 Å². The monoisotopic (exact) mass is 266 g/mol. The van der Waals surface area contributed by atoms with Gasteiger partial charge in [0.1, 0.15) is 0 Å². The lowest BCUT2D eigenvalue weighted by atomic mass is 10.00. The van der Waals surface area contributed by atoms with Crippen LogP contribution in [0.5, 0.6) is 5.75 Å². The zero-order chi connectivity index (χ0) is 14.0. The lowest BCUT2D eigenvalue weighted by molar-refractivity contribution is 0.231. The normalized spacial score (nSPS) is 17.7. The predicted molar refractivity (Wildman–Crippen MR) is 77.1 cm³/mol. The minimum absolute atomic E-state index is 0.0566. The second-order valence-corrected chi connectivity index (χ2v) is 5.93. The first-order valence-corrected chi connectivity index (χ1v) is 6.93. The quantitative estimate of drug-likeness (QED) is 0.811. The molecule has 0 saturated heterocycles. The Morgan fingerprint density at radius 3 is 2.53 bits per heavy atom. The number of halogens is 1. The molecule has 3 N–H and O–H groups in total. The van der Waals surface area contributed by atoms with Gasteiger partial charge in [-0.05, 0) is 33.6 Å². The van der Waals surface area contributed by atoms with Gasteiger partial charge >= 0.3 is 0 Å². The molecule has 0 amide bonds.